The Bertz CT molecular complexity index is 756. The number of nitrogens with two attached hydrogens (primary N) is 1. The van der Waals surface area contributed by atoms with Crippen LogP contribution >= 0.6 is 0 Å². The average Bonchev–Trinajstić information content (AvgIpc) is 2.85. The predicted octanol–water partition coefficient (Wildman–Crippen LogP) is -0.142. The number of hydrogen-bond acceptors (Lipinski definition) is 6. The van der Waals surface area contributed by atoms with E-state index >= 15 is 0 Å². The molecule has 0 aliphatic rings. The zero-order chi connectivity index (χ0) is 16.3. The minimum absolute atomic E-state index is 0.212. The minimum atomic E-state index is -0.345. The van der Waals surface area contributed by atoms with Crippen LogP contribution < -0.4 is 5.73 Å². The van der Waals surface area contributed by atoms with Crippen molar-refractivity contribution in [2.45, 2.75) is 0 Å². The van der Waals surface area contributed by atoms with Gasteiger partial charge in [-0.25, -0.2) is 14.6 Å². The van der Waals surface area contributed by atoms with E-state index < -0.39 is 0 Å². The monoisotopic (exact) mass is 302 g/mol. The first-order chi connectivity index (χ1) is 10.5. The number of fused-ring (bicyclic) bond motifs is 1. The maximum absolute atomic E-state index is 12.4. The second kappa shape index (κ2) is 6.43. The Kier molecular flexibility index (Phi) is 4.60. The highest BCUT2D eigenvalue weighted by molar-refractivity contribution is 6.03. The van der Waals surface area contributed by atoms with Crippen molar-refractivity contribution >= 4 is 17.2 Å². The molecule has 0 atom stereocenters. The van der Waals surface area contributed by atoms with Crippen molar-refractivity contribution in [2.24, 2.45) is 0 Å². The Hall–Kier alpha value is -2.63. The smallest absolute Gasteiger partial charge is 0.279 e. The van der Waals surface area contributed by atoms with Crippen LogP contribution in [-0.4, -0.2) is 65.3 Å². The lowest BCUT2D eigenvalue weighted by atomic mass is 10.2. The zero-order valence-electron chi connectivity index (χ0n) is 13.0. The van der Waals surface area contributed by atoms with Crippen molar-refractivity contribution in [2.75, 3.05) is 40.5 Å². The highest BCUT2D eigenvalue weighted by Gasteiger charge is 2.21. The third kappa shape index (κ3) is 3.00. The Morgan fingerprint density at radius 2 is 2.18 bits per heavy atom. The van der Waals surface area contributed by atoms with Crippen LogP contribution in [0.5, 0.6) is 0 Å². The van der Waals surface area contributed by atoms with Gasteiger partial charge in [0, 0.05) is 7.05 Å². The van der Waals surface area contributed by atoms with Crippen LogP contribution in [0, 0.1) is 11.8 Å². The summed E-state index contributed by atoms with van der Waals surface area (Å²) in [5.74, 6) is 5.86. The molecule has 2 aromatic heterocycles. The molecule has 0 spiro atoms. The Morgan fingerprint density at radius 3 is 2.82 bits per heavy atom. The van der Waals surface area contributed by atoms with Gasteiger partial charge in [0.1, 0.15) is 17.5 Å². The number of nitrogen functional groups attached to an aromatic ring is 1. The summed E-state index contributed by atoms with van der Waals surface area (Å²) in [5, 5.41) is 5.24. The minimum Gasteiger partial charge on any atom is -0.382 e. The van der Waals surface area contributed by atoms with Crippen LogP contribution in [0.15, 0.2) is 12.4 Å². The molecule has 116 valence electrons. The molecule has 2 heterocycles. The Balaban J connectivity index is 2.57. The molecule has 0 bridgehead atoms. The number of amides is 1. The highest BCUT2D eigenvalue weighted by atomic mass is 16.7. The Morgan fingerprint density at radius 1 is 1.45 bits per heavy atom. The van der Waals surface area contributed by atoms with Crippen molar-refractivity contribution in [3.8, 4) is 11.8 Å². The average molecular weight is 302 g/mol. The molecule has 0 radical (unpaired) electrons. The lowest BCUT2D eigenvalue weighted by Gasteiger charge is -2.12. The van der Waals surface area contributed by atoms with Crippen LogP contribution in [0.1, 0.15) is 16.1 Å². The normalized spacial score (nSPS) is 10.6. The van der Waals surface area contributed by atoms with Crippen molar-refractivity contribution in [3.05, 3.63) is 23.7 Å². The van der Waals surface area contributed by atoms with E-state index in [1.807, 2.05) is 19.0 Å². The number of aromatic nitrogens is 3. The molecule has 0 saturated carbocycles. The van der Waals surface area contributed by atoms with Gasteiger partial charge >= 0.3 is 0 Å². The zero-order valence-corrected chi connectivity index (χ0v) is 13.0. The molecule has 0 aliphatic heterocycles. The molecule has 0 aromatic carbocycles. The molecule has 2 N–H and O–H groups in total. The summed E-state index contributed by atoms with van der Waals surface area (Å²) < 4.78 is 1.52. The van der Waals surface area contributed by atoms with Gasteiger partial charge in [-0.2, -0.15) is 5.10 Å². The molecular weight excluding hydrogens is 284 g/mol. The van der Waals surface area contributed by atoms with Crippen molar-refractivity contribution in [1.82, 2.24) is 24.6 Å². The maximum atomic E-state index is 12.4. The molecular formula is C14H18N6O2. The maximum Gasteiger partial charge on any atom is 0.279 e. The van der Waals surface area contributed by atoms with Crippen LogP contribution in [0.2, 0.25) is 0 Å². The quantitative estimate of drug-likeness (QED) is 0.627. The fraction of sp³-hybridized carbons (Fsp3) is 0.357. The Labute approximate surface area is 128 Å². The predicted molar refractivity (Wildman–Crippen MR) is 81.9 cm³/mol. The summed E-state index contributed by atoms with van der Waals surface area (Å²) in [5.41, 5.74) is 7.22. The first kappa shape index (κ1) is 15.8. The molecule has 1 amide bonds. The van der Waals surface area contributed by atoms with Crippen LogP contribution in [-0.2, 0) is 4.84 Å². The molecule has 0 aliphatic carbocycles. The summed E-state index contributed by atoms with van der Waals surface area (Å²) in [7, 11) is 6.78. The molecule has 0 fully saturated rings. The third-order valence-electron chi connectivity index (χ3n) is 2.98. The van der Waals surface area contributed by atoms with E-state index in [4.69, 9.17) is 10.6 Å². The van der Waals surface area contributed by atoms with Gasteiger partial charge in [0.15, 0.2) is 5.82 Å². The highest BCUT2D eigenvalue weighted by Crippen LogP contribution is 2.21. The number of nitrogens with zero attached hydrogens (tertiary/aromatic N) is 5. The lowest BCUT2D eigenvalue weighted by molar-refractivity contribution is -0.0755. The molecule has 2 aromatic rings. The standard InChI is InChI=1S/C14H18N6O2/c1-18(2)7-5-6-10-8-11(14(21)19(3)22-4)12-13(15)16-9-17-20(10)12/h8-9H,7H2,1-4H3,(H2,15,16,17). The van der Waals surface area contributed by atoms with E-state index in [1.54, 1.807) is 6.07 Å². The van der Waals surface area contributed by atoms with Gasteiger partial charge in [-0.1, -0.05) is 5.92 Å². The van der Waals surface area contributed by atoms with Crippen molar-refractivity contribution in [3.63, 3.8) is 0 Å². The van der Waals surface area contributed by atoms with E-state index in [9.17, 15) is 4.79 Å². The van der Waals surface area contributed by atoms with Gasteiger partial charge in [0.25, 0.3) is 5.91 Å². The van der Waals surface area contributed by atoms with Crippen molar-refractivity contribution < 1.29 is 9.63 Å². The molecule has 2 rings (SSSR count). The first-order valence-electron chi connectivity index (χ1n) is 6.53. The largest absolute Gasteiger partial charge is 0.382 e. The van der Waals surface area contributed by atoms with E-state index in [0.717, 1.165) is 5.06 Å². The van der Waals surface area contributed by atoms with Gasteiger partial charge in [-0.3, -0.25) is 14.5 Å². The van der Waals surface area contributed by atoms with E-state index in [2.05, 4.69) is 21.9 Å². The fourth-order valence-electron chi connectivity index (χ4n) is 1.86. The summed E-state index contributed by atoms with van der Waals surface area (Å²) >= 11 is 0. The number of hydroxylamine groups is 2. The topological polar surface area (TPSA) is 89.0 Å². The summed E-state index contributed by atoms with van der Waals surface area (Å²) in [6, 6.07) is 1.64. The summed E-state index contributed by atoms with van der Waals surface area (Å²) in [6.07, 6.45) is 1.33. The van der Waals surface area contributed by atoms with E-state index in [0.29, 0.717) is 23.3 Å². The number of carbonyl (C=O) groups excluding carboxylic acids is 1. The second-order valence-electron chi connectivity index (χ2n) is 4.87. The number of anilines is 1. The first-order valence-corrected chi connectivity index (χ1v) is 6.53. The number of hydrogen-bond donors (Lipinski definition) is 1. The van der Waals surface area contributed by atoms with Crippen LogP contribution in [0.3, 0.4) is 0 Å². The number of carbonyl (C=O) groups is 1. The summed E-state index contributed by atoms with van der Waals surface area (Å²) in [6.45, 7) is 0.592. The van der Waals surface area contributed by atoms with Gasteiger partial charge < -0.3 is 5.73 Å². The molecule has 8 heteroatoms. The summed E-state index contributed by atoms with van der Waals surface area (Å²) in [4.78, 5) is 23.2. The molecule has 0 unspecified atom stereocenters. The molecule has 22 heavy (non-hydrogen) atoms. The van der Waals surface area contributed by atoms with Gasteiger partial charge in [0.05, 0.1) is 19.2 Å². The molecule has 8 nitrogen and oxygen atoms in total. The van der Waals surface area contributed by atoms with Gasteiger partial charge in [0.2, 0.25) is 0 Å². The van der Waals surface area contributed by atoms with E-state index in [1.165, 1.54) is 25.0 Å². The molecule has 0 saturated heterocycles. The van der Waals surface area contributed by atoms with Gasteiger partial charge in [-0.15, -0.1) is 0 Å². The van der Waals surface area contributed by atoms with Crippen LogP contribution in [0.4, 0.5) is 5.82 Å². The van der Waals surface area contributed by atoms with E-state index in [-0.39, 0.29) is 11.7 Å². The number of rotatable bonds is 3. The van der Waals surface area contributed by atoms with Crippen molar-refractivity contribution in [1.29, 1.82) is 0 Å². The van der Waals surface area contributed by atoms with Crippen LogP contribution in [0.25, 0.3) is 5.52 Å². The fourth-order valence-corrected chi connectivity index (χ4v) is 1.86. The second-order valence-corrected chi connectivity index (χ2v) is 4.87. The third-order valence-corrected chi connectivity index (χ3v) is 2.98. The SMILES string of the molecule is CON(C)C(=O)c1cc(C#CCN(C)C)n2ncnc(N)c12. The van der Waals surface area contributed by atoms with Gasteiger partial charge in [-0.05, 0) is 26.1 Å². The lowest BCUT2D eigenvalue weighted by Crippen LogP contribution is -2.25.